The highest BCUT2D eigenvalue weighted by Gasteiger charge is 2.50. The zero-order valence-corrected chi connectivity index (χ0v) is 17.0. The van der Waals surface area contributed by atoms with Crippen LogP contribution in [0.5, 0.6) is 0 Å². The van der Waals surface area contributed by atoms with Crippen LogP contribution >= 0.6 is 23.2 Å². The van der Waals surface area contributed by atoms with Crippen molar-refractivity contribution in [3.05, 3.63) is 63.4 Å². The summed E-state index contributed by atoms with van der Waals surface area (Å²) < 4.78 is 57.3. The maximum Gasteiger partial charge on any atom is 0.417 e. The molecule has 1 fully saturated rings. The molecule has 0 spiro atoms. The van der Waals surface area contributed by atoms with Crippen LogP contribution in [0.2, 0.25) is 10.0 Å². The van der Waals surface area contributed by atoms with Gasteiger partial charge in [0.25, 0.3) is 11.7 Å². The molecule has 0 aromatic heterocycles. The van der Waals surface area contributed by atoms with E-state index in [4.69, 9.17) is 27.9 Å². The number of rotatable bonds is 4. The number of carbonyl (C=O) groups is 2. The first-order chi connectivity index (χ1) is 14.4. The van der Waals surface area contributed by atoms with Crippen LogP contribution in [0.3, 0.4) is 0 Å². The van der Waals surface area contributed by atoms with E-state index in [1.54, 1.807) is 0 Å². The highest BCUT2D eigenvalue weighted by Crippen LogP contribution is 2.38. The average molecular weight is 481 g/mol. The number of benzene rings is 2. The van der Waals surface area contributed by atoms with E-state index in [9.17, 15) is 32.3 Å². The Bertz CT molecular complexity index is 1010. The molecule has 1 saturated heterocycles. The molecule has 1 atom stereocenters. The van der Waals surface area contributed by atoms with Crippen LogP contribution in [0.1, 0.15) is 17.5 Å². The lowest BCUT2D eigenvalue weighted by Gasteiger charge is -2.23. The lowest BCUT2D eigenvalue weighted by Crippen LogP contribution is -2.46. The van der Waals surface area contributed by atoms with Crippen molar-refractivity contribution in [2.45, 2.75) is 24.9 Å². The van der Waals surface area contributed by atoms with Gasteiger partial charge in [-0.05, 0) is 42.0 Å². The van der Waals surface area contributed by atoms with Crippen LogP contribution in [0.4, 0.5) is 28.0 Å². The highest BCUT2D eigenvalue weighted by molar-refractivity contribution is 6.31. The van der Waals surface area contributed by atoms with E-state index in [0.29, 0.717) is 11.6 Å². The van der Waals surface area contributed by atoms with Crippen LogP contribution in [0.25, 0.3) is 0 Å². The van der Waals surface area contributed by atoms with E-state index in [0.717, 1.165) is 23.1 Å². The van der Waals surface area contributed by atoms with Gasteiger partial charge in [0.05, 0.1) is 10.6 Å². The molecule has 0 saturated carbocycles. The highest BCUT2D eigenvalue weighted by atomic mass is 35.5. The molecule has 166 valence electrons. The fourth-order valence-corrected chi connectivity index (χ4v) is 3.47. The van der Waals surface area contributed by atoms with Gasteiger partial charge in [-0.3, -0.25) is 4.79 Å². The number of hydrogen-bond acceptors (Lipinski definition) is 4. The molecule has 2 amide bonds. The van der Waals surface area contributed by atoms with Gasteiger partial charge in [0, 0.05) is 30.2 Å². The van der Waals surface area contributed by atoms with E-state index in [1.165, 1.54) is 12.1 Å². The zero-order chi connectivity index (χ0) is 23.0. The van der Waals surface area contributed by atoms with Gasteiger partial charge in [0.1, 0.15) is 5.82 Å². The van der Waals surface area contributed by atoms with Crippen molar-refractivity contribution in [3.8, 4) is 0 Å². The maximum absolute atomic E-state index is 13.3. The number of ether oxygens (including phenoxy) is 1. The normalized spacial score (nSPS) is 18.9. The molecule has 12 heteroatoms. The number of hydrogen-bond donors (Lipinski definition) is 2. The van der Waals surface area contributed by atoms with E-state index in [-0.39, 0.29) is 30.2 Å². The second-order valence-corrected chi connectivity index (χ2v) is 7.52. The van der Waals surface area contributed by atoms with Crippen molar-refractivity contribution in [1.82, 2.24) is 5.32 Å². The lowest BCUT2D eigenvalue weighted by atomic mass is 10.2. The van der Waals surface area contributed by atoms with Crippen LogP contribution in [0.15, 0.2) is 36.4 Å². The monoisotopic (exact) mass is 480 g/mol. The van der Waals surface area contributed by atoms with Crippen LogP contribution in [0, 0.1) is 5.82 Å². The minimum absolute atomic E-state index is 0.103. The number of nitrogens with one attached hydrogen (secondary N) is 1. The van der Waals surface area contributed by atoms with Crippen molar-refractivity contribution in [3.63, 3.8) is 0 Å². The molecule has 0 bridgehead atoms. The number of nitrogens with zero attached hydrogens (tertiary/aromatic N) is 1. The summed E-state index contributed by atoms with van der Waals surface area (Å²) in [7, 11) is 0. The lowest BCUT2D eigenvalue weighted by molar-refractivity contribution is -0.175. The first kappa shape index (κ1) is 23.1. The molecular weight excluding hydrogens is 467 g/mol. The largest absolute Gasteiger partial charge is 0.417 e. The summed E-state index contributed by atoms with van der Waals surface area (Å²) in [5.74, 6) is -4.33. The van der Waals surface area contributed by atoms with E-state index >= 15 is 0 Å². The van der Waals surface area contributed by atoms with Gasteiger partial charge in [-0.25, -0.2) is 9.18 Å². The molecule has 0 radical (unpaired) electrons. The number of amides is 2. The topological polar surface area (TPSA) is 78.9 Å². The number of aliphatic hydroxyl groups is 1. The smallest absolute Gasteiger partial charge is 0.407 e. The predicted molar refractivity (Wildman–Crippen MR) is 103 cm³/mol. The molecule has 31 heavy (non-hydrogen) atoms. The van der Waals surface area contributed by atoms with Crippen molar-refractivity contribution < 1.29 is 37.0 Å². The Labute approximate surface area is 183 Å². The van der Waals surface area contributed by atoms with Gasteiger partial charge in [0.15, 0.2) is 0 Å². The van der Waals surface area contributed by atoms with Gasteiger partial charge < -0.3 is 20.1 Å². The Morgan fingerprint density at radius 1 is 1.23 bits per heavy atom. The molecule has 1 aliphatic rings. The second-order valence-electron chi connectivity index (χ2n) is 6.67. The third-order valence-corrected chi connectivity index (χ3v) is 4.99. The van der Waals surface area contributed by atoms with E-state index < -0.39 is 40.4 Å². The van der Waals surface area contributed by atoms with Crippen LogP contribution in [-0.2, 0) is 22.3 Å². The number of carbonyl (C=O) groups excluding carboxylic acids is 2. The standard InChI is InChI=1S/C19H14Cl2F4N2O4/c20-11-5-10(6-12(22)7-11)9-26-17(29)31-18(30)3-4-27(16(18)28)13-1-2-15(21)14(8-13)19(23,24)25/h1-2,5-8,30H,3-4,9H2,(H,26,29). The predicted octanol–water partition coefficient (Wildman–Crippen LogP) is 4.50. The fraction of sp³-hybridized carbons (Fsp3) is 0.263. The zero-order valence-electron chi connectivity index (χ0n) is 15.5. The first-order valence-corrected chi connectivity index (χ1v) is 9.47. The molecular formula is C19H14Cl2F4N2O4. The van der Waals surface area contributed by atoms with Gasteiger partial charge in [-0.15, -0.1) is 0 Å². The summed E-state index contributed by atoms with van der Waals surface area (Å²) in [5, 5.41) is 12.2. The fourth-order valence-electron chi connectivity index (χ4n) is 3.00. The molecule has 6 nitrogen and oxygen atoms in total. The number of anilines is 1. The summed E-state index contributed by atoms with van der Waals surface area (Å²) in [6.07, 6.45) is -6.32. The molecule has 2 aromatic rings. The summed E-state index contributed by atoms with van der Waals surface area (Å²) in [6.45, 7) is -0.419. The van der Waals surface area contributed by atoms with Crippen molar-refractivity contribution >= 4 is 40.9 Å². The molecule has 0 aliphatic carbocycles. The summed E-state index contributed by atoms with van der Waals surface area (Å²) in [5.41, 5.74) is -1.02. The second kappa shape index (κ2) is 8.52. The quantitative estimate of drug-likeness (QED) is 0.498. The average Bonchev–Trinajstić information content (AvgIpc) is 2.93. The van der Waals surface area contributed by atoms with Crippen molar-refractivity contribution in [1.29, 1.82) is 0 Å². The Kier molecular flexibility index (Phi) is 6.35. The minimum Gasteiger partial charge on any atom is -0.407 e. The SMILES string of the molecule is O=C(NCc1cc(F)cc(Cl)c1)OC1(O)CCN(c2ccc(Cl)c(C(F)(F)F)c2)C1=O. The number of alkyl halides is 3. The van der Waals surface area contributed by atoms with Crippen molar-refractivity contribution in [2.75, 3.05) is 11.4 Å². The van der Waals surface area contributed by atoms with E-state index in [1.807, 2.05) is 0 Å². The Hall–Kier alpha value is -2.56. The summed E-state index contributed by atoms with van der Waals surface area (Å²) in [6, 6.07) is 6.39. The number of alkyl carbamates (subject to hydrolysis) is 1. The van der Waals surface area contributed by atoms with Crippen LogP contribution in [-0.4, -0.2) is 29.4 Å². The molecule has 2 aromatic carbocycles. The Balaban J connectivity index is 1.68. The molecule has 1 aliphatic heterocycles. The first-order valence-electron chi connectivity index (χ1n) is 8.72. The van der Waals surface area contributed by atoms with E-state index in [2.05, 4.69) is 5.32 Å². The van der Waals surface area contributed by atoms with Crippen LogP contribution < -0.4 is 10.2 Å². The summed E-state index contributed by atoms with van der Waals surface area (Å²) in [4.78, 5) is 25.4. The third kappa shape index (κ3) is 5.20. The molecule has 1 heterocycles. The van der Waals surface area contributed by atoms with Gasteiger partial charge in [-0.2, -0.15) is 13.2 Å². The van der Waals surface area contributed by atoms with Gasteiger partial charge >= 0.3 is 12.3 Å². The maximum atomic E-state index is 13.3. The third-order valence-electron chi connectivity index (χ3n) is 4.44. The Morgan fingerprint density at radius 2 is 1.94 bits per heavy atom. The van der Waals surface area contributed by atoms with Gasteiger partial charge in [0.2, 0.25) is 0 Å². The number of halogens is 6. The van der Waals surface area contributed by atoms with Gasteiger partial charge in [-0.1, -0.05) is 23.2 Å². The van der Waals surface area contributed by atoms with Crippen molar-refractivity contribution in [2.24, 2.45) is 0 Å². The summed E-state index contributed by atoms with van der Waals surface area (Å²) >= 11 is 11.3. The Morgan fingerprint density at radius 3 is 2.58 bits per heavy atom. The molecule has 2 N–H and O–H groups in total. The minimum atomic E-state index is -4.75. The molecule has 3 rings (SSSR count). The molecule has 1 unspecified atom stereocenters.